The number of Topliss-reactive ketones (excluding diaryl/α,β-unsaturated/α-hetero) is 1. The Hall–Kier alpha value is -4.54. The number of aryl methyl sites for hydroxylation is 1. The second kappa shape index (κ2) is 14.6. The summed E-state index contributed by atoms with van der Waals surface area (Å²) in [7, 11) is 1.22. The largest absolute Gasteiger partial charge is 0.467 e. The van der Waals surface area contributed by atoms with Gasteiger partial charge >= 0.3 is 5.97 Å². The molecule has 0 aliphatic carbocycles. The Bertz CT molecular complexity index is 1260. The molecule has 40 heavy (non-hydrogen) atoms. The molecule has 0 fully saturated rings. The van der Waals surface area contributed by atoms with E-state index in [0.717, 1.165) is 5.56 Å². The Morgan fingerprint density at radius 1 is 0.850 bits per heavy atom. The minimum Gasteiger partial charge on any atom is -0.467 e. The summed E-state index contributed by atoms with van der Waals surface area (Å²) < 4.78 is 4.84. The summed E-state index contributed by atoms with van der Waals surface area (Å²) in [6.07, 6.45) is 0.187. The number of esters is 1. The van der Waals surface area contributed by atoms with Crippen LogP contribution in [-0.4, -0.2) is 60.6 Å². The highest BCUT2D eigenvalue weighted by Crippen LogP contribution is 2.18. The normalized spacial score (nSPS) is 12.9. The van der Waals surface area contributed by atoms with Gasteiger partial charge in [-0.25, -0.2) is 4.79 Å². The predicted molar refractivity (Wildman–Crippen MR) is 148 cm³/mol. The van der Waals surface area contributed by atoms with Gasteiger partial charge in [0.05, 0.1) is 18.4 Å². The van der Waals surface area contributed by atoms with Gasteiger partial charge in [-0.1, -0.05) is 55.8 Å². The van der Waals surface area contributed by atoms with E-state index >= 15 is 0 Å². The SMILES string of the molecule is COC(=O)[C@@H](Cc1ccccc1)NC(=O)[C@@H](NC(=O)[C@H](C)NC(=O)C(=O)c1cc(C)ccc1NC(C)=O)C(C)C. The van der Waals surface area contributed by atoms with Crippen molar-refractivity contribution in [1.29, 1.82) is 0 Å². The lowest BCUT2D eigenvalue weighted by Crippen LogP contribution is -2.57. The van der Waals surface area contributed by atoms with Crippen molar-refractivity contribution in [3.8, 4) is 0 Å². The van der Waals surface area contributed by atoms with E-state index in [-0.39, 0.29) is 23.6 Å². The molecule has 214 valence electrons. The van der Waals surface area contributed by atoms with Gasteiger partial charge in [0.15, 0.2) is 0 Å². The van der Waals surface area contributed by atoms with Crippen molar-refractivity contribution in [2.75, 3.05) is 12.4 Å². The Morgan fingerprint density at radius 3 is 2.08 bits per heavy atom. The van der Waals surface area contributed by atoms with Crippen LogP contribution in [0, 0.1) is 12.8 Å². The summed E-state index contributed by atoms with van der Waals surface area (Å²) in [5.74, 6) is -4.74. The van der Waals surface area contributed by atoms with Gasteiger partial charge in [0.2, 0.25) is 17.7 Å². The van der Waals surface area contributed by atoms with Crippen molar-refractivity contribution >= 4 is 41.1 Å². The standard InChI is InChI=1S/C29H36N4O7/c1-16(2)24(27(37)32-23(29(39)40-6)15-20-10-8-7-9-11-20)33-26(36)18(4)30-28(38)25(35)21-14-17(3)12-13-22(21)31-19(5)34/h7-14,16,18,23-24H,15H2,1-6H3,(H,30,38)(H,31,34)(H,32,37)(H,33,36)/t18-,23+,24-/m0/s1. The van der Waals surface area contributed by atoms with E-state index in [9.17, 15) is 28.8 Å². The molecule has 3 atom stereocenters. The zero-order valence-electron chi connectivity index (χ0n) is 23.5. The fourth-order valence-corrected chi connectivity index (χ4v) is 3.85. The maximum atomic E-state index is 13.1. The van der Waals surface area contributed by atoms with Gasteiger partial charge in [-0.2, -0.15) is 0 Å². The molecule has 11 nitrogen and oxygen atoms in total. The number of ether oxygens (including phenoxy) is 1. The molecule has 2 aromatic carbocycles. The Labute approximate surface area is 233 Å². The van der Waals surface area contributed by atoms with Crippen molar-refractivity contribution < 1.29 is 33.5 Å². The number of anilines is 1. The van der Waals surface area contributed by atoms with Gasteiger partial charge in [0.1, 0.15) is 18.1 Å². The first-order chi connectivity index (χ1) is 18.8. The number of hydrogen-bond acceptors (Lipinski definition) is 7. The molecule has 0 saturated carbocycles. The van der Waals surface area contributed by atoms with Crippen molar-refractivity contribution in [3.63, 3.8) is 0 Å². The number of nitrogens with one attached hydrogen (secondary N) is 4. The number of ketones is 1. The predicted octanol–water partition coefficient (Wildman–Crippen LogP) is 1.68. The highest BCUT2D eigenvalue weighted by molar-refractivity contribution is 6.44. The van der Waals surface area contributed by atoms with Crippen molar-refractivity contribution in [1.82, 2.24) is 16.0 Å². The first kappa shape index (κ1) is 31.7. The fraction of sp³-hybridized carbons (Fsp3) is 0.379. The fourth-order valence-electron chi connectivity index (χ4n) is 3.85. The van der Waals surface area contributed by atoms with Gasteiger partial charge in [-0.15, -0.1) is 0 Å². The minimum atomic E-state index is -1.18. The van der Waals surface area contributed by atoms with E-state index in [1.807, 2.05) is 30.3 Å². The van der Waals surface area contributed by atoms with Crippen molar-refractivity contribution in [2.24, 2.45) is 5.92 Å². The van der Waals surface area contributed by atoms with Gasteiger partial charge in [-0.3, -0.25) is 24.0 Å². The Morgan fingerprint density at radius 2 is 1.50 bits per heavy atom. The molecule has 0 bridgehead atoms. The summed E-state index contributed by atoms with van der Waals surface area (Å²) in [5, 5.41) is 10.1. The summed E-state index contributed by atoms with van der Waals surface area (Å²) in [4.78, 5) is 75.5. The highest BCUT2D eigenvalue weighted by Gasteiger charge is 2.31. The van der Waals surface area contributed by atoms with Crippen LogP contribution in [0.4, 0.5) is 5.69 Å². The average Bonchev–Trinajstić information content (AvgIpc) is 2.91. The average molecular weight is 553 g/mol. The molecule has 4 N–H and O–H groups in total. The van der Waals surface area contributed by atoms with Crippen LogP contribution >= 0.6 is 0 Å². The first-order valence-electron chi connectivity index (χ1n) is 12.8. The number of hydrogen-bond donors (Lipinski definition) is 4. The van der Waals surface area contributed by atoms with E-state index in [2.05, 4.69) is 21.3 Å². The third-order valence-electron chi connectivity index (χ3n) is 6.01. The van der Waals surface area contributed by atoms with E-state index in [4.69, 9.17) is 4.74 Å². The molecule has 0 heterocycles. The summed E-state index contributed by atoms with van der Waals surface area (Å²) >= 11 is 0. The van der Waals surface area contributed by atoms with Gasteiger partial charge in [0.25, 0.3) is 11.7 Å². The lowest BCUT2D eigenvalue weighted by Gasteiger charge is -2.26. The molecule has 0 aliphatic heterocycles. The lowest BCUT2D eigenvalue weighted by molar-refractivity contribution is -0.145. The molecule has 2 aromatic rings. The quantitative estimate of drug-likeness (QED) is 0.177. The van der Waals surface area contributed by atoms with E-state index in [0.29, 0.717) is 5.56 Å². The van der Waals surface area contributed by atoms with Crippen LogP contribution in [0.2, 0.25) is 0 Å². The third-order valence-corrected chi connectivity index (χ3v) is 6.01. The molecule has 0 unspecified atom stereocenters. The third kappa shape index (κ3) is 9.04. The molecule has 4 amide bonds. The van der Waals surface area contributed by atoms with Gasteiger partial charge in [0, 0.05) is 13.3 Å². The van der Waals surface area contributed by atoms with Crippen LogP contribution in [0.5, 0.6) is 0 Å². The van der Waals surface area contributed by atoms with E-state index < -0.39 is 53.5 Å². The first-order valence-corrected chi connectivity index (χ1v) is 12.8. The summed E-state index contributed by atoms with van der Waals surface area (Å²) in [5.41, 5.74) is 1.65. The lowest BCUT2D eigenvalue weighted by atomic mass is 10.0. The number of benzene rings is 2. The second-order valence-corrected chi connectivity index (χ2v) is 9.76. The summed E-state index contributed by atoms with van der Waals surface area (Å²) in [6.45, 7) is 7.79. The molecule has 0 aromatic heterocycles. The molecule has 2 rings (SSSR count). The van der Waals surface area contributed by atoms with E-state index in [1.165, 1.54) is 33.1 Å². The molecule has 0 radical (unpaired) electrons. The maximum absolute atomic E-state index is 13.1. The molecule has 0 saturated heterocycles. The molecular formula is C29H36N4O7. The minimum absolute atomic E-state index is 0.0213. The van der Waals surface area contributed by atoms with Crippen LogP contribution in [0.25, 0.3) is 0 Å². The molecule has 0 aliphatic rings. The topological polar surface area (TPSA) is 160 Å². The zero-order valence-corrected chi connectivity index (χ0v) is 23.5. The second-order valence-electron chi connectivity index (χ2n) is 9.76. The van der Waals surface area contributed by atoms with Gasteiger partial charge < -0.3 is 26.0 Å². The highest BCUT2D eigenvalue weighted by atomic mass is 16.5. The molecule has 11 heteroatoms. The van der Waals surface area contributed by atoms with Crippen LogP contribution in [0.3, 0.4) is 0 Å². The van der Waals surface area contributed by atoms with Crippen LogP contribution in [0.1, 0.15) is 49.2 Å². The Balaban J connectivity index is 2.10. The number of carbonyl (C=O) groups excluding carboxylic acids is 6. The Kier molecular flexibility index (Phi) is 11.5. The smallest absolute Gasteiger partial charge is 0.328 e. The number of amides is 4. The van der Waals surface area contributed by atoms with Crippen molar-refractivity contribution in [2.45, 2.75) is 59.2 Å². The van der Waals surface area contributed by atoms with E-state index in [1.54, 1.807) is 26.8 Å². The van der Waals surface area contributed by atoms with Crippen molar-refractivity contribution in [3.05, 3.63) is 65.2 Å². The molecule has 0 spiro atoms. The van der Waals surface area contributed by atoms with Crippen LogP contribution in [-0.2, 0) is 35.1 Å². The van der Waals surface area contributed by atoms with Gasteiger partial charge in [-0.05, 0) is 37.5 Å². The number of methoxy groups -OCH3 is 1. The number of carbonyl (C=O) groups is 6. The zero-order chi connectivity index (χ0) is 30.0. The van der Waals surface area contributed by atoms with Crippen LogP contribution in [0.15, 0.2) is 48.5 Å². The van der Waals surface area contributed by atoms with Crippen LogP contribution < -0.4 is 21.3 Å². The number of rotatable bonds is 12. The molecular weight excluding hydrogens is 516 g/mol. The maximum Gasteiger partial charge on any atom is 0.328 e. The summed E-state index contributed by atoms with van der Waals surface area (Å²) in [6, 6.07) is 10.5. The monoisotopic (exact) mass is 552 g/mol.